The summed E-state index contributed by atoms with van der Waals surface area (Å²) < 4.78 is 0. The van der Waals surface area contributed by atoms with Gasteiger partial charge in [0.1, 0.15) is 5.78 Å². The third kappa shape index (κ3) is 6.22. The fourth-order valence-corrected chi connectivity index (χ4v) is 1.55. The molecule has 0 spiro atoms. The molecule has 108 valence electrons. The van der Waals surface area contributed by atoms with Crippen LogP contribution in [0.15, 0.2) is 66.7 Å². The van der Waals surface area contributed by atoms with Gasteiger partial charge in [0.15, 0.2) is 0 Å². The van der Waals surface area contributed by atoms with Crippen LogP contribution in [-0.4, -0.2) is 5.78 Å². The van der Waals surface area contributed by atoms with E-state index in [-0.39, 0.29) is 22.9 Å². The van der Waals surface area contributed by atoms with Crippen molar-refractivity contribution in [3.05, 3.63) is 102 Å². The first-order valence-electron chi connectivity index (χ1n) is 6.18. The number of carbonyl (C=O) groups excluding carboxylic acids is 1. The van der Waals surface area contributed by atoms with Crippen molar-refractivity contribution in [3.8, 4) is 0 Å². The SMILES string of the molecule is O=C(C=Cc1ccccc1)[c-]1cccc1.[Fe].[c-]1[c-][c-][cH-][c-]1. The largest absolute Gasteiger partial charge is 0.999 e. The van der Waals surface area contributed by atoms with E-state index in [9.17, 15) is 4.79 Å². The van der Waals surface area contributed by atoms with E-state index in [1.165, 1.54) is 0 Å². The maximum Gasteiger partial charge on any atom is 0.105 e. The first-order valence-corrected chi connectivity index (χ1v) is 6.18. The molecule has 3 aromatic rings. The van der Waals surface area contributed by atoms with E-state index in [0.29, 0.717) is 0 Å². The summed E-state index contributed by atoms with van der Waals surface area (Å²) in [6.07, 6.45) is 3.43. The second-order valence-corrected chi connectivity index (χ2v) is 3.96. The molecule has 21 heavy (non-hydrogen) atoms. The molecular formula is C19H12FeO-6. The van der Waals surface area contributed by atoms with Crippen LogP contribution < -0.4 is 0 Å². The summed E-state index contributed by atoms with van der Waals surface area (Å²) in [6, 6.07) is 29.2. The summed E-state index contributed by atoms with van der Waals surface area (Å²) >= 11 is 0. The van der Waals surface area contributed by atoms with E-state index in [2.05, 4.69) is 24.3 Å². The average Bonchev–Trinajstić information content (AvgIpc) is 3.20. The van der Waals surface area contributed by atoms with Crippen LogP contribution in [0, 0.1) is 24.3 Å². The Kier molecular flexibility index (Phi) is 7.81. The molecule has 3 aromatic carbocycles. The summed E-state index contributed by atoms with van der Waals surface area (Å²) in [7, 11) is 0. The van der Waals surface area contributed by atoms with Crippen LogP contribution in [0.4, 0.5) is 0 Å². The Morgan fingerprint density at radius 1 is 1.00 bits per heavy atom. The number of rotatable bonds is 3. The Morgan fingerprint density at radius 2 is 1.62 bits per heavy atom. The van der Waals surface area contributed by atoms with E-state index in [1.54, 1.807) is 12.1 Å². The second-order valence-electron chi connectivity index (χ2n) is 3.96. The van der Waals surface area contributed by atoms with Crippen molar-refractivity contribution in [1.29, 1.82) is 0 Å². The molecule has 0 amide bonds. The van der Waals surface area contributed by atoms with Crippen molar-refractivity contribution < 1.29 is 21.9 Å². The van der Waals surface area contributed by atoms with Crippen LogP contribution in [0.2, 0.25) is 0 Å². The quantitative estimate of drug-likeness (QED) is 0.310. The summed E-state index contributed by atoms with van der Waals surface area (Å²) in [5.41, 5.74) is 1.78. The van der Waals surface area contributed by atoms with Crippen LogP contribution in [-0.2, 0) is 17.1 Å². The molecule has 0 saturated carbocycles. The van der Waals surface area contributed by atoms with E-state index in [4.69, 9.17) is 0 Å². The van der Waals surface area contributed by atoms with Gasteiger partial charge in [-0.3, -0.25) is 0 Å². The molecule has 0 atom stereocenters. The minimum absolute atomic E-state index is 0. The summed E-state index contributed by atoms with van der Waals surface area (Å²) in [5, 5.41) is 0. The zero-order valence-electron chi connectivity index (χ0n) is 11.2. The molecule has 0 saturated heterocycles. The second kappa shape index (κ2) is 9.71. The number of allylic oxidation sites excluding steroid dienone is 1. The average molecular weight is 312 g/mol. The van der Waals surface area contributed by atoms with Gasteiger partial charge < -0.3 is 35.1 Å². The van der Waals surface area contributed by atoms with Gasteiger partial charge in [0.2, 0.25) is 0 Å². The molecule has 0 radical (unpaired) electrons. The van der Waals surface area contributed by atoms with Crippen LogP contribution in [0.1, 0.15) is 15.9 Å². The summed E-state index contributed by atoms with van der Waals surface area (Å²) in [5.74, 6) is 0.0452. The monoisotopic (exact) mass is 312 g/mol. The van der Waals surface area contributed by atoms with Crippen molar-refractivity contribution >= 4 is 11.9 Å². The van der Waals surface area contributed by atoms with Gasteiger partial charge in [0.05, 0.1) is 0 Å². The van der Waals surface area contributed by atoms with Gasteiger partial charge in [0.25, 0.3) is 0 Å². The number of hydrogen-bond acceptors (Lipinski definition) is 1. The molecule has 0 aliphatic rings. The maximum absolute atomic E-state index is 11.6. The van der Waals surface area contributed by atoms with E-state index in [0.717, 1.165) is 11.1 Å². The van der Waals surface area contributed by atoms with Crippen LogP contribution >= 0.6 is 0 Å². The van der Waals surface area contributed by atoms with Crippen molar-refractivity contribution in [2.75, 3.05) is 0 Å². The molecule has 0 bridgehead atoms. The van der Waals surface area contributed by atoms with Gasteiger partial charge in [-0.1, -0.05) is 48.0 Å². The molecule has 1 nitrogen and oxygen atoms in total. The molecule has 0 aliphatic carbocycles. The maximum atomic E-state index is 11.6. The van der Waals surface area contributed by atoms with Crippen LogP contribution in [0.25, 0.3) is 6.08 Å². The number of ketones is 1. The Morgan fingerprint density at radius 3 is 2.14 bits per heavy atom. The van der Waals surface area contributed by atoms with Crippen molar-refractivity contribution in [1.82, 2.24) is 0 Å². The van der Waals surface area contributed by atoms with Gasteiger partial charge in [-0.05, 0) is 5.56 Å². The predicted molar refractivity (Wildman–Crippen MR) is 79.2 cm³/mol. The molecule has 0 aliphatic heterocycles. The number of benzene rings is 1. The molecular weight excluding hydrogens is 300 g/mol. The Labute approximate surface area is 136 Å². The predicted octanol–water partition coefficient (Wildman–Crippen LogP) is 3.91. The smallest absolute Gasteiger partial charge is 0.105 e. The van der Waals surface area contributed by atoms with Crippen molar-refractivity contribution in [2.45, 2.75) is 0 Å². The Balaban J connectivity index is 0.000000313. The third-order valence-corrected chi connectivity index (χ3v) is 2.53. The number of carbonyl (C=O) groups is 1. The van der Waals surface area contributed by atoms with Gasteiger partial charge in [0, 0.05) is 17.1 Å². The Hall–Kier alpha value is -2.15. The molecule has 0 aromatic heterocycles. The van der Waals surface area contributed by atoms with Crippen molar-refractivity contribution in [3.63, 3.8) is 0 Å². The van der Waals surface area contributed by atoms with Crippen molar-refractivity contribution in [2.24, 2.45) is 0 Å². The van der Waals surface area contributed by atoms with Crippen LogP contribution in [0.3, 0.4) is 0 Å². The van der Waals surface area contributed by atoms with Gasteiger partial charge >= 0.3 is 0 Å². The van der Waals surface area contributed by atoms with Crippen LogP contribution in [0.5, 0.6) is 0 Å². The topological polar surface area (TPSA) is 17.1 Å². The molecule has 0 N–H and O–H groups in total. The zero-order chi connectivity index (χ0) is 14.0. The minimum atomic E-state index is 0. The fraction of sp³-hybridized carbons (Fsp3) is 0. The third-order valence-electron chi connectivity index (χ3n) is 2.53. The number of hydrogen-bond donors (Lipinski definition) is 0. The summed E-state index contributed by atoms with van der Waals surface area (Å²) in [4.78, 5) is 11.6. The van der Waals surface area contributed by atoms with E-state index >= 15 is 0 Å². The molecule has 0 heterocycles. The summed E-state index contributed by atoms with van der Waals surface area (Å²) in [6.45, 7) is 0. The molecule has 0 unspecified atom stereocenters. The minimum Gasteiger partial charge on any atom is -0.999 e. The van der Waals surface area contributed by atoms with E-state index in [1.807, 2.05) is 60.7 Å². The molecule has 3 rings (SSSR count). The first kappa shape index (κ1) is 16.9. The van der Waals surface area contributed by atoms with E-state index < -0.39 is 0 Å². The molecule has 2 heteroatoms. The molecule has 0 fully saturated rings. The van der Waals surface area contributed by atoms with Gasteiger partial charge in [-0.2, -0.15) is 12.1 Å². The normalized spacial score (nSPS) is 9.52. The zero-order valence-corrected chi connectivity index (χ0v) is 12.3. The van der Waals surface area contributed by atoms with Gasteiger partial charge in [-0.25, -0.2) is 0 Å². The standard InChI is InChI=1S/C14H11O.C5H.Fe/c15-14(13-8-4-5-9-13)11-10-12-6-2-1-3-7-12;1-2-4-5-3-1;/h1-11H;1H;/q-1;-5;. The Bertz CT molecular complexity index is 602. The van der Waals surface area contributed by atoms with Gasteiger partial charge in [-0.15, -0.1) is 12.1 Å². The fourth-order valence-electron chi connectivity index (χ4n) is 1.55. The first-order chi connectivity index (χ1) is 9.86.